The van der Waals surface area contributed by atoms with Crippen molar-refractivity contribution in [2.24, 2.45) is 5.73 Å². The molecule has 0 bridgehead atoms. The van der Waals surface area contributed by atoms with Crippen molar-refractivity contribution in [2.75, 3.05) is 26.8 Å². The second-order valence-electron chi connectivity index (χ2n) is 6.53. The molecule has 0 amide bonds. The summed E-state index contributed by atoms with van der Waals surface area (Å²) in [5, 5.41) is 0. The predicted octanol–water partition coefficient (Wildman–Crippen LogP) is 2.56. The van der Waals surface area contributed by atoms with E-state index in [4.69, 9.17) is 5.73 Å². The maximum atomic E-state index is 13.6. The van der Waals surface area contributed by atoms with E-state index in [1.54, 1.807) is 12.1 Å². The molecule has 1 saturated heterocycles. The third-order valence-corrected chi connectivity index (χ3v) is 5.31. The number of benzene rings is 1. The predicted molar refractivity (Wildman–Crippen MR) is 94.0 cm³/mol. The topological polar surface area (TPSA) is 35.7 Å². The van der Waals surface area contributed by atoms with Crippen molar-refractivity contribution in [3.63, 3.8) is 0 Å². The maximum Gasteiger partial charge on any atom is 0.123 e. The molecule has 3 rings (SSSR count). The SMILES string of the molecule is CN1C=CC(N2CCCC(N)C2)N(Cc2cc(F)ccc2Br)C1. The first-order valence-electron chi connectivity index (χ1n) is 8.09. The molecule has 126 valence electrons. The fourth-order valence-electron chi connectivity index (χ4n) is 3.42. The highest BCUT2D eigenvalue weighted by atomic mass is 79.9. The molecule has 0 spiro atoms. The number of hydrogen-bond acceptors (Lipinski definition) is 4. The van der Waals surface area contributed by atoms with Gasteiger partial charge in [0.1, 0.15) is 5.82 Å². The van der Waals surface area contributed by atoms with Gasteiger partial charge in [-0.1, -0.05) is 15.9 Å². The van der Waals surface area contributed by atoms with E-state index in [0.29, 0.717) is 6.54 Å². The van der Waals surface area contributed by atoms with Gasteiger partial charge in [-0.25, -0.2) is 4.39 Å². The van der Waals surface area contributed by atoms with E-state index in [-0.39, 0.29) is 18.0 Å². The zero-order valence-corrected chi connectivity index (χ0v) is 15.0. The number of piperidine rings is 1. The summed E-state index contributed by atoms with van der Waals surface area (Å²) in [6, 6.07) is 5.12. The zero-order chi connectivity index (χ0) is 16.4. The lowest BCUT2D eigenvalue weighted by atomic mass is 10.1. The molecule has 0 saturated carbocycles. The van der Waals surface area contributed by atoms with Gasteiger partial charge in [0, 0.05) is 37.2 Å². The highest BCUT2D eigenvalue weighted by Crippen LogP contribution is 2.24. The van der Waals surface area contributed by atoms with Gasteiger partial charge in [-0.15, -0.1) is 0 Å². The van der Waals surface area contributed by atoms with Crippen molar-refractivity contribution in [1.29, 1.82) is 0 Å². The Morgan fingerprint density at radius 1 is 1.39 bits per heavy atom. The molecule has 2 heterocycles. The normalized spacial score (nSPS) is 26.7. The van der Waals surface area contributed by atoms with Gasteiger partial charge >= 0.3 is 0 Å². The molecule has 0 radical (unpaired) electrons. The maximum absolute atomic E-state index is 13.6. The zero-order valence-electron chi connectivity index (χ0n) is 13.5. The Hall–Kier alpha value is -0.950. The first-order valence-corrected chi connectivity index (χ1v) is 8.88. The summed E-state index contributed by atoms with van der Waals surface area (Å²) < 4.78 is 14.5. The average Bonchev–Trinajstić information content (AvgIpc) is 2.51. The summed E-state index contributed by atoms with van der Waals surface area (Å²) in [5.41, 5.74) is 7.12. The lowest BCUT2D eigenvalue weighted by Crippen LogP contribution is -2.56. The van der Waals surface area contributed by atoms with Gasteiger partial charge in [0.15, 0.2) is 0 Å². The van der Waals surface area contributed by atoms with Gasteiger partial charge in [-0.2, -0.15) is 0 Å². The second kappa shape index (κ2) is 7.30. The van der Waals surface area contributed by atoms with Gasteiger partial charge < -0.3 is 10.6 Å². The van der Waals surface area contributed by atoms with Crippen molar-refractivity contribution in [3.05, 3.63) is 46.3 Å². The smallest absolute Gasteiger partial charge is 0.123 e. The first-order chi connectivity index (χ1) is 11.0. The molecule has 1 fully saturated rings. The van der Waals surface area contributed by atoms with Crippen LogP contribution in [0.3, 0.4) is 0 Å². The third-order valence-electron chi connectivity index (χ3n) is 4.54. The number of hydrogen-bond donors (Lipinski definition) is 1. The molecule has 0 aromatic heterocycles. The van der Waals surface area contributed by atoms with Crippen molar-refractivity contribution >= 4 is 15.9 Å². The molecule has 0 aliphatic carbocycles. The molecular formula is C17H24BrFN4. The van der Waals surface area contributed by atoms with Crippen LogP contribution in [0.5, 0.6) is 0 Å². The summed E-state index contributed by atoms with van der Waals surface area (Å²) >= 11 is 3.54. The van der Waals surface area contributed by atoms with Crippen molar-refractivity contribution in [2.45, 2.75) is 31.6 Å². The Labute approximate surface area is 145 Å². The fraction of sp³-hybridized carbons (Fsp3) is 0.529. The largest absolute Gasteiger partial charge is 0.368 e. The summed E-state index contributed by atoms with van der Waals surface area (Å²) in [6.07, 6.45) is 6.80. The molecular weight excluding hydrogens is 359 g/mol. The summed E-state index contributed by atoms with van der Waals surface area (Å²) in [7, 11) is 2.06. The van der Waals surface area contributed by atoms with Gasteiger partial charge in [0.05, 0.1) is 12.8 Å². The van der Waals surface area contributed by atoms with Crippen molar-refractivity contribution < 1.29 is 4.39 Å². The van der Waals surface area contributed by atoms with Crippen LogP contribution in [0, 0.1) is 5.82 Å². The van der Waals surface area contributed by atoms with Crippen LogP contribution in [0.1, 0.15) is 18.4 Å². The molecule has 4 nitrogen and oxygen atoms in total. The molecule has 1 aromatic carbocycles. The summed E-state index contributed by atoms with van der Waals surface area (Å²) in [6.45, 7) is 3.49. The molecule has 2 aliphatic heterocycles. The van der Waals surface area contributed by atoms with E-state index < -0.39 is 0 Å². The minimum atomic E-state index is -0.194. The Morgan fingerprint density at radius 3 is 3.00 bits per heavy atom. The molecule has 2 aliphatic rings. The Bertz CT molecular complexity index is 580. The van der Waals surface area contributed by atoms with Gasteiger partial charge in [-0.05, 0) is 48.9 Å². The van der Waals surface area contributed by atoms with Crippen LogP contribution in [-0.4, -0.2) is 53.7 Å². The van der Waals surface area contributed by atoms with E-state index in [2.05, 4.69) is 50.0 Å². The average molecular weight is 383 g/mol. The fourth-order valence-corrected chi connectivity index (χ4v) is 3.80. The molecule has 6 heteroatoms. The molecule has 1 aromatic rings. The minimum absolute atomic E-state index is 0.194. The summed E-state index contributed by atoms with van der Waals surface area (Å²) in [4.78, 5) is 6.94. The highest BCUT2D eigenvalue weighted by Gasteiger charge is 2.29. The van der Waals surface area contributed by atoms with Gasteiger partial charge in [0.2, 0.25) is 0 Å². The van der Waals surface area contributed by atoms with E-state index in [0.717, 1.165) is 42.6 Å². The lowest BCUT2D eigenvalue weighted by Gasteiger charge is -2.45. The number of rotatable bonds is 3. The Morgan fingerprint density at radius 2 is 2.22 bits per heavy atom. The molecule has 2 atom stereocenters. The van der Waals surface area contributed by atoms with Crippen molar-refractivity contribution in [1.82, 2.24) is 14.7 Å². The van der Waals surface area contributed by atoms with Crippen LogP contribution in [-0.2, 0) is 6.54 Å². The first kappa shape index (κ1) is 16.9. The highest BCUT2D eigenvalue weighted by molar-refractivity contribution is 9.10. The van der Waals surface area contributed by atoms with Crippen LogP contribution >= 0.6 is 15.9 Å². The number of likely N-dealkylation sites (tertiary alicyclic amines) is 1. The Kier molecular flexibility index (Phi) is 5.36. The Balaban J connectivity index is 1.79. The van der Waals surface area contributed by atoms with Crippen LogP contribution < -0.4 is 5.73 Å². The third kappa shape index (κ3) is 4.12. The summed E-state index contributed by atoms with van der Waals surface area (Å²) in [5.74, 6) is -0.194. The van der Waals surface area contributed by atoms with E-state index >= 15 is 0 Å². The quantitative estimate of drug-likeness (QED) is 0.871. The molecule has 23 heavy (non-hydrogen) atoms. The minimum Gasteiger partial charge on any atom is -0.368 e. The molecule has 2 N–H and O–H groups in total. The van der Waals surface area contributed by atoms with Crippen LogP contribution in [0.4, 0.5) is 4.39 Å². The number of nitrogens with zero attached hydrogens (tertiary/aromatic N) is 3. The standard InChI is InChI=1S/C17H24BrFN4/c1-21-8-6-17(22-7-2-3-15(20)11-22)23(12-21)10-13-9-14(19)4-5-16(13)18/h4-6,8-9,15,17H,2-3,7,10-12,20H2,1H3. The van der Waals surface area contributed by atoms with Crippen LogP contribution in [0.15, 0.2) is 34.9 Å². The lowest BCUT2D eigenvalue weighted by molar-refractivity contribution is 0.0140. The molecule has 2 unspecified atom stereocenters. The second-order valence-corrected chi connectivity index (χ2v) is 7.39. The van der Waals surface area contributed by atoms with E-state index in [9.17, 15) is 4.39 Å². The van der Waals surface area contributed by atoms with Crippen LogP contribution in [0.25, 0.3) is 0 Å². The number of nitrogens with two attached hydrogens (primary N) is 1. The number of halogens is 2. The van der Waals surface area contributed by atoms with Crippen LogP contribution in [0.2, 0.25) is 0 Å². The van der Waals surface area contributed by atoms with E-state index in [1.165, 1.54) is 6.07 Å². The van der Waals surface area contributed by atoms with E-state index in [1.807, 2.05) is 0 Å². The van der Waals surface area contributed by atoms with Gasteiger partial charge in [-0.3, -0.25) is 9.80 Å². The van der Waals surface area contributed by atoms with Crippen molar-refractivity contribution in [3.8, 4) is 0 Å². The monoisotopic (exact) mass is 382 g/mol. The van der Waals surface area contributed by atoms with Gasteiger partial charge in [0.25, 0.3) is 0 Å².